The molecule has 2 N–H and O–H groups in total. The van der Waals surface area contributed by atoms with Crippen molar-refractivity contribution < 1.29 is 9.53 Å². The van der Waals surface area contributed by atoms with Gasteiger partial charge in [0.25, 0.3) is 0 Å². The van der Waals surface area contributed by atoms with E-state index in [1.165, 1.54) is 17.7 Å². The smallest absolute Gasteiger partial charge is 0.315 e. The molecule has 140 valence electrons. The molecule has 0 bridgehead atoms. The molecule has 1 saturated heterocycles. The Morgan fingerprint density at radius 2 is 2.00 bits per heavy atom. The number of hydrogen-bond acceptors (Lipinski definition) is 4. The number of methoxy groups -OCH3 is 1. The minimum absolute atomic E-state index is 0.122. The predicted molar refractivity (Wildman–Crippen MR) is 105 cm³/mol. The van der Waals surface area contributed by atoms with Crippen molar-refractivity contribution >= 4 is 17.4 Å². The van der Waals surface area contributed by atoms with Crippen LogP contribution >= 0.6 is 11.3 Å². The number of urea groups is 1. The van der Waals surface area contributed by atoms with Crippen molar-refractivity contribution in [2.45, 2.75) is 32.0 Å². The zero-order chi connectivity index (χ0) is 18.2. The molecule has 26 heavy (non-hydrogen) atoms. The van der Waals surface area contributed by atoms with Gasteiger partial charge in [0.05, 0.1) is 12.6 Å². The maximum absolute atomic E-state index is 12.3. The highest BCUT2D eigenvalue weighted by atomic mass is 32.1. The summed E-state index contributed by atoms with van der Waals surface area (Å²) in [5.74, 6) is 0. The van der Waals surface area contributed by atoms with Crippen molar-refractivity contribution in [3.8, 4) is 0 Å². The lowest BCUT2D eigenvalue weighted by Crippen LogP contribution is -2.41. The van der Waals surface area contributed by atoms with E-state index in [1.807, 2.05) is 18.2 Å². The Balaban J connectivity index is 1.50. The van der Waals surface area contributed by atoms with Crippen molar-refractivity contribution in [1.82, 2.24) is 15.5 Å². The van der Waals surface area contributed by atoms with E-state index in [0.29, 0.717) is 19.7 Å². The number of rotatable bonds is 8. The van der Waals surface area contributed by atoms with Crippen LogP contribution in [0.25, 0.3) is 0 Å². The fourth-order valence-corrected chi connectivity index (χ4v) is 4.23. The van der Waals surface area contributed by atoms with E-state index in [1.54, 1.807) is 18.4 Å². The number of benzene rings is 1. The number of nitrogens with one attached hydrogen (secondary N) is 2. The molecule has 1 aromatic carbocycles. The highest BCUT2D eigenvalue weighted by Gasteiger charge is 2.24. The van der Waals surface area contributed by atoms with Gasteiger partial charge in [-0.2, -0.15) is 0 Å². The molecule has 0 spiro atoms. The average Bonchev–Trinajstić information content (AvgIpc) is 3.35. The van der Waals surface area contributed by atoms with Crippen LogP contribution in [-0.2, 0) is 17.9 Å². The van der Waals surface area contributed by atoms with Crippen LogP contribution in [0, 0.1) is 0 Å². The van der Waals surface area contributed by atoms with Gasteiger partial charge in [-0.3, -0.25) is 4.90 Å². The summed E-state index contributed by atoms with van der Waals surface area (Å²) in [6.07, 6.45) is 2.48. The maximum atomic E-state index is 12.3. The molecule has 6 heteroatoms. The van der Waals surface area contributed by atoms with Crippen LogP contribution in [0.2, 0.25) is 0 Å². The molecular weight excluding hydrogens is 346 g/mol. The maximum Gasteiger partial charge on any atom is 0.315 e. The van der Waals surface area contributed by atoms with E-state index < -0.39 is 0 Å². The summed E-state index contributed by atoms with van der Waals surface area (Å²) in [6.45, 7) is 3.95. The summed E-state index contributed by atoms with van der Waals surface area (Å²) in [7, 11) is 1.68. The number of amides is 2. The Morgan fingerprint density at radius 1 is 1.19 bits per heavy atom. The van der Waals surface area contributed by atoms with Gasteiger partial charge in [-0.1, -0.05) is 30.3 Å². The number of nitrogens with zero attached hydrogens (tertiary/aromatic N) is 1. The molecule has 0 aliphatic carbocycles. The van der Waals surface area contributed by atoms with Crippen LogP contribution in [0.5, 0.6) is 0 Å². The lowest BCUT2D eigenvalue weighted by Gasteiger charge is -2.27. The second kappa shape index (κ2) is 9.71. The molecule has 0 saturated carbocycles. The van der Waals surface area contributed by atoms with Gasteiger partial charge in [-0.15, -0.1) is 11.3 Å². The first-order valence-corrected chi connectivity index (χ1v) is 10.00. The lowest BCUT2D eigenvalue weighted by atomic mass is 10.1. The molecule has 1 unspecified atom stereocenters. The molecule has 1 aliphatic heterocycles. The highest BCUT2D eigenvalue weighted by Crippen LogP contribution is 2.27. The quantitative estimate of drug-likeness (QED) is 0.744. The normalized spacial score (nSPS) is 15.7. The second-order valence-corrected chi connectivity index (χ2v) is 7.57. The molecule has 0 radical (unpaired) electrons. The summed E-state index contributed by atoms with van der Waals surface area (Å²) in [5, 5.41) is 8.10. The van der Waals surface area contributed by atoms with E-state index in [2.05, 4.69) is 39.1 Å². The zero-order valence-electron chi connectivity index (χ0n) is 15.2. The van der Waals surface area contributed by atoms with Crippen LogP contribution in [0.4, 0.5) is 4.79 Å². The summed E-state index contributed by atoms with van der Waals surface area (Å²) in [4.78, 5) is 16.0. The largest absolute Gasteiger partial charge is 0.380 e. The van der Waals surface area contributed by atoms with Crippen LogP contribution in [0.3, 0.4) is 0 Å². The Morgan fingerprint density at radius 3 is 2.73 bits per heavy atom. The lowest BCUT2D eigenvalue weighted by molar-refractivity contribution is 0.185. The number of ether oxygens (including phenoxy) is 1. The second-order valence-electron chi connectivity index (χ2n) is 6.59. The van der Waals surface area contributed by atoms with Crippen molar-refractivity contribution in [2.75, 3.05) is 26.7 Å². The molecule has 2 aromatic rings. The molecule has 1 atom stereocenters. The first-order chi connectivity index (χ1) is 12.8. The molecule has 3 rings (SSSR count). The van der Waals surface area contributed by atoms with Crippen molar-refractivity contribution in [1.29, 1.82) is 0 Å². The van der Waals surface area contributed by atoms with Crippen molar-refractivity contribution in [3.63, 3.8) is 0 Å². The third-order valence-corrected chi connectivity index (χ3v) is 5.64. The van der Waals surface area contributed by atoms with Crippen molar-refractivity contribution in [2.24, 2.45) is 0 Å². The molecule has 2 heterocycles. The van der Waals surface area contributed by atoms with E-state index in [0.717, 1.165) is 24.2 Å². The monoisotopic (exact) mass is 373 g/mol. The minimum atomic E-state index is -0.122. The van der Waals surface area contributed by atoms with Crippen LogP contribution in [-0.4, -0.2) is 37.7 Å². The molecule has 1 fully saturated rings. The SMILES string of the molecule is COCc1cccc(CNC(=O)NCC(c2cccs2)N2CCCC2)c1. The molecule has 1 aromatic heterocycles. The fourth-order valence-electron chi connectivity index (χ4n) is 3.37. The Labute approximate surface area is 159 Å². The van der Waals surface area contributed by atoms with Crippen LogP contribution in [0.1, 0.15) is 34.9 Å². The van der Waals surface area contributed by atoms with Gasteiger partial charge >= 0.3 is 6.03 Å². The van der Waals surface area contributed by atoms with E-state index in [4.69, 9.17) is 4.74 Å². The molecule has 5 nitrogen and oxygen atoms in total. The third-order valence-electron chi connectivity index (χ3n) is 4.66. The molecule has 1 aliphatic rings. The highest BCUT2D eigenvalue weighted by molar-refractivity contribution is 7.10. The topological polar surface area (TPSA) is 53.6 Å². The predicted octanol–water partition coefficient (Wildman–Crippen LogP) is 3.53. The third kappa shape index (κ3) is 5.30. The Bertz CT molecular complexity index is 684. The van der Waals surface area contributed by atoms with Crippen LogP contribution in [0.15, 0.2) is 41.8 Å². The van der Waals surface area contributed by atoms with E-state index in [9.17, 15) is 4.79 Å². The van der Waals surface area contributed by atoms with Gasteiger partial charge in [0.15, 0.2) is 0 Å². The molecule has 2 amide bonds. The summed E-state index contributed by atoms with van der Waals surface area (Å²) < 4.78 is 5.15. The van der Waals surface area contributed by atoms with Gasteiger partial charge in [0, 0.05) is 25.1 Å². The summed E-state index contributed by atoms with van der Waals surface area (Å²) in [6, 6.07) is 12.5. The van der Waals surface area contributed by atoms with Gasteiger partial charge in [-0.25, -0.2) is 4.79 Å². The number of carbonyl (C=O) groups excluding carboxylic acids is 1. The van der Waals surface area contributed by atoms with Gasteiger partial charge in [0.1, 0.15) is 0 Å². The summed E-state index contributed by atoms with van der Waals surface area (Å²) >= 11 is 1.76. The Kier molecular flexibility index (Phi) is 7.05. The van der Waals surface area contributed by atoms with E-state index in [-0.39, 0.29) is 12.1 Å². The standard InChI is InChI=1S/C20H27N3O2S/c1-25-15-17-7-4-6-16(12-17)13-21-20(24)22-14-18(19-8-5-11-26-19)23-9-2-3-10-23/h4-8,11-12,18H,2-3,9-10,13-15H2,1H3,(H2,21,22,24). The van der Waals surface area contributed by atoms with Gasteiger partial charge in [0.2, 0.25) is 0 Å². The van der Waals surface area contributed by atoms with Crippen molar-refractivity contribution in [3.05, 3.63) is 57.8 Å². The zero-order valence-corrected chi connectivity index (χ0v) is 16.1. The number of likely N-dealkylation sites (tertiary alicyclic amines) is 1. The minimum Gasteiger partial charge on any atom is -0.380 e. The average molecular weight is 374 g/mol. The first kappa shape index (κ1) is 18.9. The van der Waals surface area contributed by atoms with Gasteiger partial charge in [-0.05, 0) is 48.5 Å². The van der Waals surface area contributed by atoms with Crippen LogP contribution < -0.4 is 10.6 Å². The number of carbonyl (C=O) groups is 1. The number of hydrogen-bond donors (Lipinski definition) is 2. The fraction of sp³-hybridized carbons (Fsp3) is 0.450. The first-order valence-electron chi connectivity index (χ1n) is 9.12. The molecular formula is C20H27N3O2S. The Hall–Kier alpha value is -1.89. The summed E-state index contributed by atoms with van der Waals surface area (Å²) in [5.41, 5.74) is 2.18. The van der Waals surface area contributed by atoms with Gasteiger partial charge < -0.3 is 15.4 Å². The van der Waals surface area contributed by atoms with E-state index >= 15 is 0 Å². The number of thiophene rings is 1.